The van der Waals surface area contributed by atoms with Crippen LogP contribution in [0, 0.1) is 6.33 Å². The molecule has 0 aliphatic heterocycles. The van der Waals surface area contributed by atoms with Gasteiger partial charge in [0.25, 0.3) is 0 Å². The molecule has 0 N–H and O–H groups in total. The molecule has 0 amide bonds. The number of aromatic nitrogens is 4. The van der Waals surface area contributed by atoms with Crippen LogP contribution in [0.1, 0.15) is 0 Å². The number of hydrogen-bond donors (Lipinski definition) is 0. The van der Waals surface area contributed by atoms with Crippen LogP contribution in [0.5, 0.6) is 0 Å². The molecule has 0 fully saturated rings. The second-order valence-corrected chi connectivity index (χ2v) is 3.08. The Labute approximate surface area is 105 Å². The first-order chi connectivity index (χ1) is 7.45. The van der Waals surface area contributed by atoms with Gasteiger partial charge in [0.05, 0.1) is 5.82 Å². The van der Waals surface area contributed by atoms with E-state index in [0.29, 0.717) is 0 Å². The number of pyridine rings is 2. The zero-order chi connectivity index (χ0) is 10.1. The molecular weight excluding hydrogens is 195 g/mol. The van der Waals surface area contributed by atoms with Gasteiger partial charge in [-0.1, -0.05) is 24.3 Å². The van der Waals surface area contributed by atoms with Crippen molar-refractivity contribution in [2.75, 3.05) is 0 Å². The molecule has 16 heavy (non-hydrogen) atoms. The van der Waals surface area contributed by atoms with Gasteiger partial charge in [0.15, 0.2) is 0 Å². The molecule has 4 nitrogen and oxygen atoms in total. The van der Waals surface area contributed by atoms with Crippen LogP contribution in [0.2, 0.25) is 0 Å². The van der Waals surface area contributed by atoms with Gasteiger partial charge in [0.1, 0.15) is 0 Å². The fourth-order valence-electron chi connectivity index (χ4n) is 1.45. The third kappa shape index (κ3) is 1.73. The van der Waals surface area contributed by atoms with E-state index < -0.39 is 0 Å². The number of rotatable bonds is 1. The van der Waals surface area contributed by atoms with Crippen molar-refractivity contribution in [2.24, 2.45) is 0 Å². The van der Waals surface area contributed by atoms with Crippen molar-refractivity contribution in [3.05, 3.63) is 49.1 Å². The van der Waals surface area contributed by atoms with Gasteiger partial charge in [0.2, 0.25) is 0 Å². The van der Waals surface area contributed by atoms with E-state index >= 15 is 0 Å². The Morgan fingerprint density at radius 1 is 1.00 bits per heavy atom. The first-order valence-electron chi connectivity index (χ1n) is 4.58. The number of hydrogen-bond acceptors (Lipinski definition) is 3. The van der Waals surface area contributed by atoms with Gasteiger partial charge in [-0.05, 0) is 11.6 Å². The first kappa shape index (κ1) is 10.9. The zero-order valence-corrected chi connectivity index (χ0v) is 8.83. The van der Waals surface area contributed by atoms with Crippen LogP contribution in [0.4, 0.5) is 0 Å². The quantitative estimate of drug-likeness (QED) is 0.361. The van der Waals surface area contributed by atoms with Gasteiger partial charge in [-0.15, -0.1) is 0 Å². The Morgan fingerprint density at radius 3 is 2.69 bits per heavy atom. The van der Waals surface area contributed by atoms with Crippen LogP contribution in [-0.4, -0.2) is 19.5 Å². The van der Waals surface area contributed by atoms with Gasteiger partial charge < -0.3 is 9.55 Å². The van der Waals surface area contributed by atoms with Gasteiger partial charge >= 0.3 is 18.9 Å². The fraction of sp³-hybridized carbons (Fsp3) is 0. The molecule has 0 bridgehead atoms. The zero-order valence-electron chi connectivity index (χ0n) is 8.83. The van der Waals surface area contributed by atoms with E-state index in [4.69, 9.17) is 0 Å². The molecule has 3 aromatic heterocycles. The Kier molecular flexibility index (Phi) is 3.04. The fourth-order valence-corrected chi connectivity index (χ4v) is 1.45. The van der Waals surface area contributed by atoms with Gasteiger partial charge in [-0.2, -0.15) is 0 Å². The van der Waals surface area contributed by atoms with Gasteiger partial charge in [-0.25, -0.2) is 0 Å². The second kappa shape index (κ2) is 4.48. The molecule has 72 valence electrons. The van der Waals surface area contributed by atoms with Gasteiger partial charge in [0, 0.05) is 24.4 Å². The van der Waals surface area contributed by atoms with E-state index in [1.54, 1.807) is 17.0 Å². The molecule has 3 rings (SSSR count). The molecule has 0 aliphatic rings. The molecule has 0 spiro atoms. The summed E-state index contributed by atoms with van der Waals surface area (Å²) in [5.41, 5.74) is 1.60. The summed E-state index contributed by atoms with van der Waals surface area (Å²) in [4.78, 5) is 12.6. The summed E-state index contributed by atoms with van der Waals surface area (Å²) >= 11 is 0. The molecule has 0 saturated carbocycles. The van der Waals surface area contributed by atoms with Crippen molar-refractivity contribution in [3.8, 4) is 5.82 Å². The van der Waals surface area contributed by atoms with E-state index in [1.165, 1.54) is 0 Å². The smallest absolute Gasteiger partial charge is 0.396 e. The monoisotopic (exact) mass is 202 g/mol. The third-order valence-electron chi connectivity index (χ3n) is 2.13. The Bertz CT molecular complexity index is 591. The molecule has 0 saturated heterocycles. The summed E-state index contributed by atoms with van der Waals surface area (Å²) in [5.74, 6) is 0.777. The maximum absolute atomic E-state index is 4.25. The van der Waals surface area contributed by atoms with Crippen molar-refractivity contribution >= 4 is 11.2 Å². The molecule has 0 aromatic carbocycles. The Hall–Kier alpha value is -1.63. The molecular formula is C11H7LiN4. The van der Waals surface area contributed by atoms with E-state index in [0.717, 1.165) is 17.0 Å². The van der Waals surface area contributed by atoms with Crippen molar-refractivity contribution < 1.29 is 18.9 Å². The maximum Gasteiger partial charge on any atom is 1.00 e. The first-order valence-corrected chi connectivity index (χ1v) is 4.58. The number of imidazole rings is 1. The van der Waals surface area contributed by atoms with Crippen LogP contribution < -0.4 is 18.9 Å². The second-order valence-electron chi connectivity index (χ2n) is 3.08. The summed E-state index contributed by atoms with van der Waals surface area (Å²) in [6.07, 6.45) is 6.34. The minimum absolute atomic E-state index is 0. The van der Waals surface area contributed by atoms with Crippen LogP contribution in [-0.2, 0) is 0 Å². The average Bonchev–Trinajstić information content (AvgIpc) is 2.74. The number of nitrogens with zero attached hydrogens (tertiary/aromatic N) is 4. The van der Waals surface area contributed by atoms with Crippen molar-refractivity contribution in [3.63, 3.8) is 0 Å². The van der Waals surface area contributed by atoms with Crippen LogP contribution in [0.15, 0.2) is 42.7 Å². The standard InChI is InChI=1S/C11H7N4.Li/c1-2-6-12-10(5-1)15-8-14-9-4-3-7-13-11(9)15;/h1-7H;/q-1;+1. The predicted octanol–water partition coefficient (Wildman–Crippen LogP) is -1.38. The van der Waals surface area contributed by atoms with Crippen LogP contribution in [0.25, 0.3) is 17.0 Å². The van der Waals surface area contributed by atoms with E-state index in [1.807, 2.05) is 30.3 Å². The van der Waals surface area contributed by atoms with Crippen LogP contribution >= 0.6 is 0 Å². The Balaban J connectivity index is 0.000000963. The van der Waals surface area contributed by atoms with Crippen molar-refractivity contribution in [1.29, 1.82) is 0 Å². The summed E-state index contributed by atoms with van der Waals surface area (Å²) in [7, 11) is 0. The summed E-state index contributed by atoms with van der Waals surface area (Å²) < 4.78 is 1.75. The van der Waals surface area contributed by atoms with Crippen molar-refractivity contribution in [1.82, 2.24) is 19.5 Å². The molecule has 0 radical (unpaired) electrons. The molecule has 5 heteroatoms. The van der Waals surface area contributed by atoms with Gasteiger partial charge in [-0.3, -0.25) is 9.97 Å². The summed E-state index contributed by atoms with van der Waals surface area (Å²) in [6.45, 7) is 0. The Morgan fingerprint density at radius 2 is 1.88 bits per heavy atom. The molecule has 0 aliphatic carbocycles. The molecule has 0 atom stereocenters. The third-order valence-corrected chi connectivity index (χ3v) is 2.13. The minimum Gasteiger partial charge on any atom is -0.396 e. The largest absolute Gasteiger partial charge is 1.00 e. The summed E-state index contributed by atoms with van der Waals surface area (Å²) in [6, 6.07) is 9.44. The van der Waals surface area contributed by atoms with E-state index in [9.17, 15) is 0 Å². The average molecular weight is 202 g/mol. The van der Waals surface area contributed by atoms with Crippen LogP contribution in [0.3, 0.4) is 0 Å². The predicted molar refractivity (Wildman–Crippen MR) is 55.5 cm³/mol. The topological polar surface area (TPSA) is 43.6 Å². The maximum atomic E-state index is 4.25. The minimum atomic E-state index is 0. The number of fused-ring (bicyclic) bond motifs is 1. The molecule has 3 aromatic rings. The SMILES string of the molecule is [Li+].[c-]1nc2cccnc2n1-c1ccccn1. The van der Waals surface area contributed by atoms with E-state index in [-0.39, 0.29) is 18.9 Å². The molecule has 3 heterocycles. The van der Waals surface area contributed by atoms with Crippen molar-refractivity contribution in [2.45, 2.75) is 0 Å². The molecule has 0 unspecified atom stereocenters. The summed E-state index contributed by atoms with van der Waals surface area (Å²) in [5, 5.41) is 0. The van der Waals surface area contributed by atoms with E-state index in [2.05, 4.69) is 21.3 Å². The normalized spacial score (nSPS) is 10.0.